The van der Waals surface area contributed by atoms with Gasteiger partial charge in [-0.15, -0.1) is 0 Å². The molecule has 4 nitrogen and oxygen atoms in total. The summed E-state index contributed by atoms with van der Waals surface area (Å²) in [7, 11) is 0. The van der Waals surface area contributed by atoms with E-state index in [4.69, 9.17) is 11.1 Å². The van der Waals surface area contributed by atoms with Crippen molar-refractivity contribution in [1.29, 1.82) is 5.41 Å². The van der Waals surface area contributed by atoms with Crippen molar-refractivity contribution < 1.29 is 0 Å². The fourth-order valence-electron chi connectivity index (χ4n) is 2.10. The standard InChI is InChI=1S/C16H14N4S/c1-10-6-7-12(15(17)18)14(8-10)21-16-11-4-2-3-5-13(11)19-9-20-16/h2-9H,1H3,(H3,17,18). The van der Waals surface area contributed by atoms with Crippen LogP contribution in [0, 0.1) is 12.3 Å². The summed E-state index contributed by atoms with van der Waals surface area (Å²) >= 11 is 1.51. The number of nitrogens with one attached hydrogen (secondary N) is 1. The first-order chi connectivity index (χ1) is 10.1. The van der Waals surface area contributed by atoms with Crippen LogP contribution in [0.15, 0.2) is 58.7 Å². The molecule has 3 rings (SSSR count). The number of hydrogen-bond donors (Lipinski definition) is 2. The van der Waals surface area contributed by atoms with Gasteiger partial charge in [-0.3, -0.25) is 5.41 Å². The summed E-state index contributed by atoms with van der Waals surface area (Å²) in [6, 6.07) is 13.7. The second-order valence-electron chi connectivity index (χ2n) is 4.71. The molecule has 3 N–H and O–H groups in total. The molecule has 0 aliphatic carbocycles. The number of rotatable bonds is 3. The molecule has 21 heavy (non-hydrogen) atoms. The maximum absolute atomic E-state index is 7.71. The summed E-state index contributed by atoms with van der Waals surface area (Å²) < 4.78 is 0. The van der Waals surface area contributed by atoms with Crippen molar-refractivity contribution in [3.8, 4) is 0 Å². The molecule has 0 amide bonds. The summed E-state index contributed by atoms with van der Waals surface area (Å²) in [5, 5.41) is 9.58. The zero-order valence-electron chi connectivity index (χ0n) is 11.5. The van der Waals surface area contributed by atoms with Crippen LogP contribution in [-0.2, 0) is 0 Å². The number of nitrogen functional groups attached to an aromatic ring is 1. The van der Waals surface area contributed by atoms with Gasteiger partial charge in [-0.05, 0) is 30.7 Å². The Labute approximate surface area is 126 Å². The van der Waals surface area contributed by atoms with Gasteiger partial charge in [0.05, 0.1) is 5.52 Å². The Morgan fingerprint density at radius 1 is 1.14 bits per heavy atom. The zero-order chi connectivity index (χ0) is 14.8. The number of benzene rings is 2. The summed E-state index contributed by atoms with van der Waals surface area (Å²) in [4.78, 5) is 9.58. The van der Waals surface area contributed by atoms with Crippen molar-refractivity contribution in [3.05, 3.63) is 59.9 Å². The van der Waals surface area contributed by atoms with Crippen molar-refractivity contribution in [1.82, 2.24) is 9.97 Å². The lowest BCUT2D eigenvalue weighted by Crippen LogP contribution is -2.12. The molecule has 3 aromatic rings. The largest absolute Gasteiger partial charge is 0.384 e. The van der Waals surface area contributed by atoms with Crippen LogP contribution in [-0.4, -0.2) is 15.8 Å². The quantitative estimate of drug-likeness (QED) is 0.441. The maximum Gasteiger partial charge on any atom is 0.123 e. The Morgan fingerprint density at radius 2 is 1.95 bits per heavy atom. The van der Waals surface area contributed by atoms with Crippen LogP contribution in [0.2, 0.25) is 0 Å². The first-order valence-electron chi connectivity index (χ1n) is 6.48. The molecule has 0 aliphatic heterocycles. The van der Waals surface area contributed by atoms with Gasteiger partial charge >= 0.3 is 0 Å². The fourth-order valence-corrected chi connectivity index (χ4v) is 3.23. The van der Waals surface area contributed by atoms with Crippen molar-refractivity contribution in [2.24, 2.45) is 5.73 Å². The van der Waals surface area contributed by atoms with Crippen LogP contribution in [0.1, 0.15) is 11.1 Å². The molecule has 1 aromatic heterocycles. The van der Waals surface area contributed by atoms with E-state index in [1.54, 1.807) is 6.33 Å². The minimum absolute atomic E-state index is 0.0656. The second-order valence-corrected chi connectivity index (χ2v) is 5.74. The molecule has 2 aromatic carbocycles. The Balaban J connectivity index is 2.11. The molecule has 0 saturated heterocycles. The number of hydrogen-bond acceptors (Lipinski definition) is 4. The molecule has 0 spiro atoms. The van der Waals surface area contributed by atoms with Crippen molar-refractivity contribution in [2.75, 3.05) is 0 Å². The van der Waals surface area contributed by atoms with Crippen molar-refractivity contribution in [3.63, 3.8) is 0 Å². The van der Waals surface area contributed by atoms with Gasteiger partial charge in [-0.2, -0.15) is 0 Å². The normalized spacial score (nSPS) is 10.7. The second kappa shape index (κ2) is 5.54. The first kappa shape index (κ1) is 13.6. The van der Waals surface area contributed by atoms with Gasteiger partial charge in [-0.1, -0.05) is 36.0 Å². The van der Waals surface area contributed by atoms with E-state index in [0.29, 0.717) is 0 Å². The van der Waals surface area contributed by atoms with Crippen molar-refractivity contribution in [2.45, 2.75) is 16.8 Å². The molecule has 0 aliphatic rings. The molecular formula is C16H14N4S. The van der Waals surface area contributed by atoms with E-state index in [0.717, 1.165) is 32.0 Å². The van der Waals surface area contributed by atoms with E-state index in [9.17, 15) is 0 Å². The number of amidine groups is 1. The van der Waals surface area contributed by atoms with Gasteiger partial charge in [0.25, 0.3) is 0 Å². The monoisotopic (exact) mass is 294 g/mol. The molecule has 0 unspecified atom stereocenters. The number of aromatic nitrogens is 2. The molecule has 1 heterocycles. The van der Waals surface area contributed by atoms with E-state index in [2.05, 4.69) is 9.97 Å². The van der Waals surface area contributed by atoms with E-state index < -0.39 is 0 Å². The lowest BCUT2D eigenvalue weighted by Gasteiger charge is -2.10. The van der Waals surface area contributed by atoms with E-state index >= 15 is 0 Å². The van der Waals surface area contributed by atoms with Crippen molar-refractivity contribution >= 4 is 28.5 Å². The van der Waals surface area contributed by atoms with Gasteiger partial charge in [0.2, 0.25) is 0 Å². The molecular weight excluding hydrogens is 280 g/mol. The zero-order valence-corrected chi connectivity index (χ0v) is 12.3. The van der Waals surface area contributed by atoms with Crippen LogP contribution in [0.25, 0.3) is 10.9 Å². The fraction of sp³-hybridized carbons (Fsp3) is 0.0625. The minimum Gasteiger partial charge on any atom is -0.384 e. The number of para-hydroxylation sites is 1. The van der Waals surface area contributed by atoms with E-state index in [1.165, 1.54) is 11.8 Å². The summed E-state index contributed by atoms with van der Waals surface area (Å²) in [6.45, 7) is 2.02. The van der Waals surface area contributed by atoms with E-state index in [1.807, 2.05) is 49.4 Å². The molecule has 0 bridgehead atoms. The van der Waals surface area contributed by atoms with Gasteiger partial charge in [0, 0.05) is 15.8 Å². The van der Waals surface area contributed by atoms with Gasteiger partial charge in [0.15, 0.2) is 0 Å². The highest BCUT2D eigenvalue weighted by Crippen LogP contribution is 2.33. The van der Waals surface area contributed by atoms with Gasteiger partial charge in [0.1, 0.15) is 17.2 Å². The summed E-state index contributed by atoms with van der Waals surface area (Å²) in [6.07, 6.45) is 1.56. The maximum atomic E-state index is 7.71. The van der Waals surface area contributed by atoms with Crippen LogP contribution in [0.3, 0.4) is 0 Å². The van der Waals surface area contributed by atoms with Crippen LogP contribution in [0.5, 0.6) is 0 Å². The average molecular weight is 294 g/mol. The smallest absolute Gasteiger partial charge is 0.123 e. The first-order valence-corrected chi connectivity index (χ1v) is 7.29. The molecule has 104 valence electrons. The number of nitrogens with two attached hydrogens (primary N) is 1. The summed E-state index contributed by atoms with van der Waals surface area (Å²) in [5.41, 5.74) is 8.43. The Kier molecular flexibility index (Phi) is 3.58. The highest BCUT2D eigenvalue weighted by molar-refractivity contribution is 7.99. The molecule has 0 fully saturated rings. The Morgan fingerprint density at radius 3 is 2.76 bits per heavy atom. The van der Waals surface area contributed by atoms with Crippen LogP contribution in [0.4, 0.5) is 0 Å². The highest BCUT2D eigenvalue weighted by atomic mass is 32.2. The molecule has 0 radical (unpaired) electrons. The van der Waals surface area contributed by atoms with Crippen LogP contribution >= 0.6 is 11.8 Å². The minimum atomic E-state index is 0.0656. The number of nitrogens with zero attached hydrogens (tertiary/aromatic N) is 2. The predicted molar refractivity (Wildman–Crippen MR) is 85.9 cm³/mol. The number of fused-ring (bicyclic) bond motifs is 1. The van der Waals surface area contributed by atoms with Crippen LogP contribution < -0.4 is 5.73 Å². The Bertz CT molecular complexity index is 824. The molecule has 0 atom stereocenters. The van der Waals surface area contributed by atoms with Gasteiger partial charge < -0.3 is 5.73 Å². The topological polar surface area (TPSA) is 75.7 Å². The number of aryl methyl sites for hydroxylation is 1. The molecule has 0 saturated carbocycles. The molecule has 5 heteroatoms. The lowest BCUT2D eigenvalue weighted by atomic mass is 10.1. The summed E-state index contributed by atoms with van der Waals surface area (Å²) in [5.74, 6) is 0.0656. The SMILES string of the molecule is Cc1ccc(C(=N)N)c(Sc2ncnc3ccccc23)c1. The van der Waals surface area contributed by atoms with Gasteiger partial charge in [-0.25, -0.2) is 9.97 Å². The highest BCUT2D eigenvalue weighted by Gasteiger charge is 2.11. The third kappa shape index (κ3) is 2.73. The average Bonchev–Trinajstić information content (AvgIpc) is 2.47. The van der Waals surface area contributed by atoms with E-state index in [-0.39, 0.29) is 5.84 Å². The Hall–Kier alpha value is -2.40. The third-order valence-corrected chi connectivity index (χ3v) is 4.22. The third-order valence-electron chi connectivity index (χ3n) is 3.14. The predicted octanol–water partition coefficient (Wildman–Crippen LogP) is 3.37. The lowest BCUT2D eigenvalue weighted by molar-refractivity contribution is 1.10.